The van der Waals surface area contributed by atoms with Crippen LogP contribution in [-0.4, -0.2) is 33.1 Å². The van der Waals surface area contributed by atoms with Crippen LogP contribution in [0, 0.1) is 0 Å². The normalized spacial score (nSPS) is 10.8. The minimum atomic E-state index is -3.67. The van der Waals surface area contributed by atoms with Crippen LogP contribution in [0.5, 0.6) is 0 Å². The van der Waals surface area contributed by atoms with Gasteiger partial charge in [0.25, 0.3) is 0 Å². The van der Waals surface area contributed by atoms with Crippen molar-refractivity contribution in [1.29, 1.82) is 0 Å². The summed E-state index contributed by atoms with van der Waals surface area (Å²) in [7, 11) is -2.41. The summed E-state index contributed by atoms with van der Waals surface area (Å²) in [5.74, 6) is -1.17. The molecular formula is C12H17N3O5S. The van der Waals surface area contributed by atoms with Crippen LogP contribution in [0.1, 0.15) is 13.3 Å². The van der Waals surface area contributed by atoms with Gasteiger partial charge in [-0.25, -0.2) is 13.9 Å². The van der Waals surface area contributed by atoms with Crippen LogP contribution < -0.4 is 15.5 Å². The molecule has 21 heavy (non-hydrogen) atoms. The topological polar surface area (TPSA) is 114 Å². The maximum Gasteiger partial charge on any atom is 0.244 e. The molecule has 0 radical (unpaired) electrons. The molecule has 3 N–H and O–H groups in total. The van der Waals surface area contributed by atoms with Gasteiger partial charge in [-0.05, 0) is 18.2 Å². The number of amides is 2. The molecule has 0 bridgehead atoms. The summed E-state index contributed by atoms with van der Waals surface area (Å²) in [6.45, 7) is 1.35. The smallest absolute Gasteiger partial charge is 0.244 e. The fourth-order valence-corrected chi connectivity index (χ4v) is 2.53. The highest BCUT2D eigenvalue weighted by molar-refractivity contribution is 7.92. The van der Waals surface area contributed by atoms with Crippen LogP contribution in [0.3, 0.4) is 0 Å². The maximum atomic E-state index is 11.8. The van der Waals surface area contributed by atoms with Crippen LogP contribution in [0.15, 0.2) is 24.3 Å². The highest BCUT2D eigenvalue weighted by Gasteiger charge is 2.13. The van der Waals surface area contributed by atoms with E-state index in [0.717, 1.165) is 0 Å². The van der Waals surface area contributed by atoms with Gasteiger partial charge in [-0.2, -0.15) is 0 Å². The summed E-state index contributed by atoms with van der Waals surface area (Å²) in [5, 5.41) is 2.54. The lowest BCUT2D eigenvalue weighted by Crippen LogP contribution is -2.26. The Hall–Kier alpha value is -2.13. The number of hydrogen-bond donors (Lipinski definition) is 3. The van der Waals surface area contributed by atoms with Crippen molar-refractivity contribution in [2.75, 3.05) is 22.9 Å². The van der Waals surface area contributed by atoms with Crippen LogP contribution in [0.4, 0.5) is 11.4 Å². The van der Waals surface area contributed by atoms with Crippen molar-refractivity contribution in [2.24, 2.45) is 0 Å². The second kappa shape index (κ2) is 7.60. The van der Waals surface area contributed by atoms with E-state index in [1.54, 1.807) is 12.1 Å². The largest absolute Gasteiger partial charge is 0.326 e. The van der Waals surface area contributed by atoms with Gasteiger partial charge in [-0.15, -0.1) is 0 Å². The van der Waals surface area contributed by atoms with Gasteiger partial charge < -0.3 is 5.32 Å². The fraction of sp³-hybridized carbons (Fsp3) is 0.333. The molecule has 0 atom stereocenters. The van der Waals surface area contributed by atoms with Gasteiger partial charge in [0, 0.05) is 19.0 Å². The second-order valence-corrected chi connectivity index (χ2v) is 6.00. The fourth-order valence-electron chi connectivity index (χ4n) is 1.49. The zero-order chi connectivity index (χ0) is 15.9. The molecule has 0 fully saturated rings. The van der Waals surface area contributed by atoms with E-state index in [1.807, 2.05) is 5.48 Å². The third kappa shape index (κ3) is 6.72. The molecular weight excluding hydrogens is 298 g/mol. The molecule has 0 saturated heterocycles. The first-order valence-electron chi connectivity index (χ1n) is 6.02. The van der Waals surface area contributed by atoms with Gasteiger partial charge in [-0.3, -0.25) is 19.1 Å². The highest BCUT2D eigenvalue weighted by atomic mass is 32.2. The molecule has 9 heteroatoms. The van der Waals surface area contributed by atoms with E-state index in [2.05, 4.69) is 14.9 Å². The average Bonchev–Trinajstić information content (AvgIpc) is 2.36. The van der Waals surface area contributed by atoms with E-state index >= 15 is 0 Å². The van der Waals surface area contributed by atoms with E-state index in [0.29, 0.717) is 11.4 Å². The summed E-state index contributed by atoms with van der Waals surface area (Å²) >= 11 is 0. The molecule has 0 aliphatic heterocycles. The van der Waals surface area contributed by atoms with Crippen molar-refractivity contribution in [3.63, 3.8) is 0 Å². The van der Waals surface area contributed by atoms with E-state index in [-0.39, 0.29) is 18.1 Å². The third-order valence-corrected chi connectivity index (χ3v) is 3.56. The Morgan fingerprint density at radius 3 is 2.52 bits per heavy atom. The average molecular weight is 315 g/mol. The Labute approximate surface area is 122 Å². The zero-order valence-electron chi connectivity index (χ0n) is 11.7. The number of nitrogens with one attached hydrogen (secondary N) is 3. The SMILES string of the molecule is CONC(=O)CCS(=O)(=O)Nc1cccc(NC(C)=O)c1. The molecule has 1 aromatic carbocycles. The van der Waals surface area contributed by atoms with E-state index in [9.17, 15) is 18.0 Å². The molecule has 116 valence electrons. The Morgan fingerprint density at radius 2 is 1.90 bits per heavy atom. The van der Waals surface area contributed by atoms with Crippen molar-refractivity contribution < 1.29 is 22.8 Å². The van der Waals surface area contributed by atoms with Crippen molar-refractivity contribution in [1.82, 2.24) is 5.48 Å². The molecule has 2 amide bonds. The summed E-state index contributed by atoms with van der Waals surface area (Å²) in [4.78, 5) is 26.5. The molecule has 0 aromatic heterocycles. The predicted octanol–water partition coefficient (Wildman–Crippen LogP) is 0.454. The van der Waals surface area contributed by atoms with Gasteiger partial charge in [0.05, 0.1) is 18.6 Å². The molecule has 1 rings (SSSR count). The standard InChI is InChI=1S/C12H17N3O5S/c1-9(16)13-10-4-3-5-11(8-10)15-21(18,19)7-6-12(17)14-20-2/h3-5,8,15H,6-7H2,1-2H3,(H,13,16)(H,14,17). The number of hydrogen-bond acceptors (Lipinski definition) is 5. The quantitative estimate of drug-likeness (QED) is 0.632. The number of anilines is 2. The van der Waals surface area contributed by atoms with Gasteiger partial charge in [0.2, 0.25) is 21.8 Å². The molecule has 8 nitrogen and oxygen atoms in total. The molecule has 0 aliphatic carbocycles. The minimum absolute atomic E-state index is 0.228. The van der Waals surface area contributed by atoms with Gasteiger partial charge in [0.15, 0.2) is 0 Å². The summed E-state index contributed by atoms with van der Waals surface area (Å²) in [5.41, 5.74) is 2.81. The first-order valence-corrected chi connectivity index (χ1v) is 7.67. The van der Waals surface area contributed by atoms with Crippen molar-refractivity contribution in [3.8, 4) is 0 Å². The lowest BCUT2D eigenvalue weighted by molar-refractivity contribution is -0.130. The molecule has 0 spiro atoms. The number of rotatable bonds is 7. The number of sulfonamides is 1. The van der Waals surface area contributed by atoms with Crippen LogP contribution in [-0.2, 0) is 24.4 Å². The van der Waals surface area contributed by atoms with Crippen LogP contribution >= 0.6 is 0 Å². The minimum Gasteiger partial charge on any atom is -0.326 e. The molecule has 0 aliphatic rings. The van der Waals surface area contributed by atoms with Gasteiger partial charge in [-0.1, -0.05) is 6.07 Å². The zero-order valence-corrected chi connectivity index (χ0v) is 12.5. The first-order chi connectivity index (χ1) is 9.82. The predicted molar refractivity (Wildman–Crippen MR) is 77.9 cm³/mol. The van der Waals surface area contributed by atoms with Crippen molar-refractivity contribution in [3.05, 3.63) is 24.3 Å². The van der Waals surface area contributed by atoms with Crippen molar-refractivity contribution >= 4 is 33.2 Å². The van der Waals surface area contributed by atoms with E-state index in [4.69, 9.17) is 0 Å². The first kappa shape index (κ1) is 16.9. The lowest BCUT2D eigenvalue weighted by Gasteiger charge is -2.09. The highest BCUT2D eigenvalue weighted by Crippen LogP contribution is 2.16. The van der Waals surface area contributed by atoms with Crippen LogP contribution in [0.25, 0.3) is 0 Å². The number of carbonyl (C=O) groups is 2. The number of hydroxylamine groups is 1. The summed E-state index contributed by atoms with van der Waals surface area (Å²) in [6.07, 6.45) is -0.228. The number of benzene rings is 1. The Balaban J connectivity index is 2.66. The monoisotopic (exact) mass is 315 g/mol. The van der Waals surface area contributed by atoms with Gasteiger partial charge >= 0.3 is 0 Å². The Bertz CT molecular complexity index is 615. The Morgan fingerprint density at radius 1 is 1.24 bits per heavy atom. The summed E-state index contributed by atoms with van der Waals surface area (Å²) in [6, 6.07) is 6.25. The van der Waals surface area contributed by atoms with Gasteiger partial charge in [0.1, 0.15) is 0 Å². The molecule has 0 saturated carbocycles. The van der Waals surface area contributed by atoms with Crippen molar-refractivity contribution in [2.45, 2.75) is 13.3 Å². The molecule has 0 heterocycles. The van der Waals surface area contributed by atoms with E-state index < -0.39 is 15.9 Å². The Kier molecular flexibility index (Phi) is 6.12. The number of carbonyl (C=O) groups excluding carboxylic acids is 2. The summed E-state index contributed by atoms with van der Waals surface area (Å²) < 4.78 is 26.0. The maximum absolute atomic E-state index is 11.8. The van der Waals surface area contributed by atoms with Crippen LogP contribution in [0.2, 0.25) is 0 Å². The third-order valence-electron chi connectivity index (χ3n) is 2.27. The lowest BCUT2D eigenvalue weighted by atomic mass is 10.3. The van der Waals surface area contributed by atoms with E-state index in [1.165, 1.54) is 26.2 Å². The molecule has 1 aromatic rings. The molecule has 0 unspecified atom stereocenters. The second-order valence-electron chi connectivity index (χ2n) is 4.16.